The van der Waals surface area contributed by atoms with Crippen LogP contribution in [0.5, 0.6) is 0 Å². The Morgan fingerprint density at radius 1 is 1.21 bits per heavy atom. The van der Waals surface area contributed by atoms with Crippen molar-refractivity contribution in [1.29, 1.82) is 0 Å². The molecule has 1 heterocycles. The average molecular weight is 503 g/mol. The number of piperidine rings is 1. The molecule has 1 aliphatic heterocycles. The van der Waals surface area contributed by atoms with E-state index in [1.165, 1.54) is 5.56 Å². The van der Waals surface area contributed by atoms with E-state index in [0.29, 0.717) is 13.2 Å². The zero-order chi connectivity index (χ0) is 19.3. The Morgan fingerprint density at radius 2 is 1.93 bits per heavy atom. The minimum atomic E-state index is -0.0596. The van der Waals surface area contributed by atoms with Gasteiger partial charge < -0.3 is 19.7 Å². The van der Waals surface area contributed by atoms with E-state index < -0.39 is 0 Å². The van der Waals surface area contributed by atoms with Gasteiger partial charge in [0.1, 0.15) is 0 Å². The molecule has 158 valence electrons. The van der Waals surface area contributed by atoms with Crippen LogP contribution in [0, 0.1) is 5.92 Å². The summed E-state index contributed by atoms with van der Waals surface area (Å²) in [5.41, 5.74) is 1.21. The zero-order valence-electron chi connectivity index (χ0n) is 17.1. The fourth-order valence-electron chi connectivity index (χ4n) is 3.21. The third-order valence-electron chi connectivity index (χ3n) is 4.74. The lowest BCUT2D eigenvalue weighted by Crippen LogP contribution is -2.46. The average Bonchev–Trinajstić information content (AvgIpc) is 2.71. The molecule has 0 bridgehead atoms. The highest BCUT2D eigenvalue weighted by Crippen LogP contribution is 2.18. The maximum Gasteiger partial charge on any atom is 0.309 e. The molecule has 6 nitrogen and oxygen atoms in total. The van der Waals surface area contributed by atoms with Gasteiger partial charge in [-0.25, -0.2) is 0 Å². The van der Waals surface area contributed by atoms with Gasteiger partial charge in [-0.2, -0.15) is 0 Å². The second-order valence-corrected chi connectivity index (χ2v) is 6.73. The van der Waals surface area contributed by atoms with Crippen molar-refractivity contribution >= 4 is 35.9 Å². The number of carbonyl (C=O) groups excluding carboxylic acids is 1. The van der Waals surface area contributed by atoms with E-state index in [1.807, 2.05) is 32.2 Å². The van der Waals surface area contributed by atoms with Crippen molar-refractivity contribution in [3.8, 4) is 0 Å². The Morgan fingerprint density at radius 3 is 2.57 bits per heavy atom. The molecule has 1 N–H and O–H groups in total. The molecule has 28 heavy (non-hydrogen) atoms. The fourth-order valence-corrected chi connectivity index (χ4v) is 3.21. The summed E-state index contributed by atoms with van der Waals surface area (Å²) in [7, 11) is 1.81. The third kappa shape index (κ3) is 8.77. The molecule has 0 aliphatic carbocycles. The topological polar surface area (TPSA) is 63.2 Å². The number of carbonyl (C=O) groups is 1. The molecule has 0 amide bonds. The highest BCUT2D eigenvalue weighted by Gasteiger charge is 2.27. The normalized spacial score (nSPS) is 15.1. The number of rotatable bonds is 9. The minimum Gasteiger partial charge on any atom is -0.466 e. The van der Waals surface area contributed by atoms with Gasteiger partial charge in [0.15, 0.2) is 5.96 Å². The lowest BCUT2D eigenvalue weighted by Gasteiger charge is -2.33. The summed E-state index contributed by atoms with van der Waals surface area (Å²) in [5, 5.41) is 3.42. The number of guanidine groups is 1. The van der Waals surface area contributed by atoms with Gasteiger partial charge in [-0.1, -0.05) is 30.3 Å². The molecule has 0 aromatic heterocycles. The monoisotopic (exact) mass is 503 g/mol. The molecule has 0 radical (unpaired) electrons. The first-order valence-corrected chi connectivity index (χ1v) is 9.98. The van der Waals surface area contributed by atoms with E-state index in [1.54, 1.807) is 0 Å². The van der Waals surface area contributed by atoms with Crippen LogP contribution in [0.4, 0.5) is 0 Å². The third-order valence-corrected chi connectivity index (χ3v) is 4.74. The summed E-state index contributed by atoms with van der Waals surface area (Å²) < 4.78 is 10.8. The van der Waals surface area contributed by atoms with Gasteiger partial charge in [0, 0.05) is 33.3 Å². The molecule has 1 aromatic carbocycles. The summed E-state index contributed by atoms with van der Waals surface area (Å²) in [6, 6.07) is 10.2. The maximum absolute atomic E-state index is 11.8. The molecular formula is C21H34IN3O3. The van der Waals surface area contributed by atoms with Crippen LogP contribution < -0.4 is 5.32 Å². The molecule has 0 saturated carbocycles. The first kappa shape index (κ1) is 24.7. The number of likely N-dealkylation sites (tertiary alicyclic amines) is 1. The van der Waals surface area contributed by atoms with E-state index in [0.717, 1.165) is 57.9 Å². The van der Waals surface area contributed by atoms with Crippen molar-refractivity contribution in [2.45, 2.75) is 39.2 Å². The Labute approximate surface area is 186 Å². The second-order valence-electron chi connectivity index (χ2n) is 6.73. The number of benzene rings is 1. The van der Waals surface area contributed by atoms with Crippen LogP contribution in [0.25, 0.3) is 0 Å². The van der Waals surface area contributed by atoms with Crippen LogP contribution in [-0.4, -0.2) is 56.7 Å². The van der Waals surface area contributed by atoms with Crippen LogP contribution in [0.15, 0.2) is 35.3 Å². The van der Waals surface area contributed by atoms with Gasteiger partial charge >= 0.3 is 5.97 Å². The van der Waals surface area contributed by atoms with Gasteiger partial charge in [0.2, 0.25) is 0 Å². The number of halogens is 1. The predicted molar refractivity (Wildman–Crippen MR) is 123 cm³/mol. The summed E-state index contributed by atoms with van der Waals surface area (Å²) in [5.74, 6) is 0.888. The predicted octanol–water partition coefficient (Wildman–Crippen LogP) is 3.45. The van der Waals surface area contributed by atoms with Crippen molar-refractivity contribution in [1.82, 2.24) is 10.2 Å². The molecule has 1 saturated heterocycles. The number of nitrogens with one attached hydrogen (secondary N) is 1. The summed E-state index contributed by atoms with van der Waals surface area (Å²) in [6.07, 6.45) is 3.70. The van der Waals surface area contributed by atoms with Crippen LogP contribution >= 0.6 is 24.0 Å². The highest BCUT2D eigenvalue weighted by atomic mass is 127. The van der Waals surface area contributed by atoms with Crippen molar-refractivity contribution in [3.05, 3.63) is 35.9 Å². The second kappa shape index (κ2) is 14.6. The standard InChI is InChI=1S/C21H33N3O3.HI/c1-3-27-20(25)19-11-14-24(15-12-19)21(22-2)23-13-7-8-16-26-17-18-9-5-4-6-10-18;/h4-6,9-10,19H,3,7-8,11-17H2,1-2H3,(H,22,23);1H. The Kier molecular flexibility index (Phi) is 12.9. The number of aliphatic imine (C=N–C) groups is 1. The van der Waals surface area contributed by atoms with E-state index in [9.17, 15) is 4.79 Å². The SMILES string of the molecule is CCOC(=O)C1CCN(C(=NC)NCCCCOCc2ccccc2)CC1.I. The lowest BCUT2D eigenvalue weighted by molar-refractivity contribution is -0.149. The number of hydrogen-bond acceptors (Lipinski definition) is 4. The van der Waals surface area contributed by atoms with Crippen molar-refractivity contribution in [2.75, 3.05) is 39.9 Å². The van der Waals surface area contributed by atoms with Gasteiger partial charge in [-0.15, -0.1) is 24.0 Å². The van der Waals surface area contributed by atoms with Crippen LogP contribution in [0.1, 0.15) is 38.2 Å². The summed E-state index contributed by atoms with van der Waals surface area (Å²) in [4.78, 5) is 18.4. The van der Waals surface area contributed by atoms with E-state index in [2.05, 4.69) is 27.3 Å². The molecule has 0 unspecified atom stereocenters. The number of nitrogens with zero attached hydrogens (tertiary/aromatic N) is 2. The Bertz CT molecular complexity index is 576. The maximum atomic E-state index is 11.8. The quantitative estimate of drug-likeness (QED) is 0.184. The van der Waals surface area contributed by atoms with Crippen LogP contribution in [-0.2, 0) is 20.9 Å². The van der Waals surface area contributed by atoms with E-state index >= 15 is 0 Å². The molecule has 1 aromatic rings. The smallest absolute Gasteiger partial charge is 0.309 e. The number of unbranched alkanes of at least 4 members (excludes halogenated alkanes) is 1. The first-order valence-electron chi connectivity index (χ1n) is 9.98. The molecular weight excluding hydrogens is 469 g/mol. The van der Waals surface area contributed by atoms with Crippen molar-refractivity contribution in [2.24, 2.45) is 10.9 Å². The number of esters is 1. The summed E-state index contributed by atoms with van der Waals surface area (Å²) >= 11 is 0. The van der Waals surface area contributed by atoms with Gasteiger partial charge in [0.05, 0.1) is 19.1 Å². The van der Waals surface area contributed by atoms with Gasteiger partial charge in [-0.3, -0.25) is 9.79 Å². The Balaban J connectivity index is 0.00000392. The van der Waals surface area contributed by atoms with Crippen molar-refractivity contribution < 1.29 is 14.3 Å². The summed E-state index contributed by atoms with van der Waals surface area (Å²) in [6.45, 7) is 6.29. The molecule has 1 fully saturated rings. The molecule has 1 aliphatic rings. The largest absolute Gasteiger partial charge is 0.466 e. The molecule has 0 atom stereocenters. The number of ether oxygens (including phenoxy) is 2. The molecule has 7 heteroatoms. The van der Waals surface area contributed by atoms with Crippen molar-refractivity contribution in [3.63, 3.8) is 0 Å². The fraction of sp³-hybridized carbons (Fsp3) is 0.619. The Hall–Kier alpha value is -1.35. The highest BCUT2D eigenvalue weighted by molar-refractivity contribution is 14.0. The number of hydrogen-bond donors (Lipinski definition) is 1. The van der Waals surface area contributed by atoms with E-state index in [4.69, 9.17) is 9.47 Å². The van der Waals surface area contributed by atoms with Gasteiger partial charge in [-0.05, 0) is 38.2 Å². The van der Waals surface area contributed by atoms with Crippen LogP contribution in [0.2, 0.25) is 0 Å². The zero-order valence-corrected chi connectivity index (χ0v) is 19.4. The van der Waals surface area contributed by atoms with Crippen LogP contribution in [0.3, 0.4) is 0 Å². The van der Waals surface area contributed by atoms with E-state index in [-0.39, 0.29) is 35.9 Å². The van der Waals surface area contributed by atoms with Gasteiger partial charge in [0.25, 0.3) is 0 Å². The molecule has 2 rings (SSSR count). The lowest BCUT2D eigenvalue weighted by atomic mass is 9.97. The first-order chi connectivity index (χ1) is 13.2. The minimum absolute atomic E-state index is 0. The molecule has 0 spiro atoms.